The maximum absolute atomic E-state index is 8.56. The first kappa shape index (κ1) is 6.07. The van der Waals surface area contributed by atoms with E-state index < -0.39 is 12.6 Å². The van der Waals surface area contributed by atoms with E-state index in [9.17, 15) is 0 Å². The first-order valence-corrected chi connectivity index (χ1v) is 2.80. The standard InChI is InChI=1S/C4H10BNO2/c6-4(5(7)8)2-1-3-4/h7-8H,1-3,6H2. The molecule has 0 heterocycles. The van der Waals surface area contributed by atoms with E-state index >= 15 is 0 Å². The van der Waals surface area contributed by atoms with Crippen LogP contribution >= 0.6 is 0 Å². The molecular formula is C4H10BNO2. The van der Waals surface area contributed by atoms with Crippen molar-refractivity contribution in [1.29, 1.82) is 0 Å². The molecule has 1 fully saturated rings. The summed E-state index contributed by atoms with van der Waals surface area (Å²) in [5.41, 5.74) is 4.78. The highest BCUT2D eigenvalue weighted by Crippen LogP contribution is 2.29. The molecule has 0 bridgehead atoms. The lowest BCUT2D eigenvalue weighted by molar-refractivity contribution is 0.256. The van der Waals surface area contributed by atoms with Crippen LogP contribution in [-0.2, 0) is 0 Å². The summed E-state index contributed by atoms with van der Waals surface area (Å²) in [6, 6.07) is 0. The Hall–Kier alpha value is -0.0551. The summed E-state index contributed by atoms with van der Waals surface area (Å²) in [6.45, 7) is 0. The lowest BCUT2D eigenvalue weighted by Gasteiger charge is -2.36. The van der Waals surface area contributed by atoms with Crippen molar-refractivity contribution in [1.82, 2.24) is 0 Å². The quantitative estimate of drug-likeness (QED) is 0.379. The van der Waals surface area contributed by atoms with Crippen molar-refractivity contribution in [2.24, 2.45) is 5.73 Å². The van der Waals surface area contributed by atoms with Crippen LogP contribution in [0.4, 0.5) is 0 Å². The molecule has 0 aromatic rings. The van der Waals surface area contributed by atoms with E-state index in [2.05, 4.69) is 0 Å². The highest BCUT2D eigenvalue weighted by Gasteiger charge is 2.43. The van der Waals surface area contributed by atoms with Gasteiger partial charge in [-0.25, -0.2) is 0 Å². The van der Waals surface area contributed by atoms with Gasteiger partial charge in [0.25, 0.3) is 0 Å². The van der Waals surface area contributed by atoms with Crippen LogP contribution in [0, 0.1) is 0 Å². The Balaban J connectivity index is 2.41. The van der Waals surface area contributed by atoms with E-state index in [1.54, 1.807) is 0 Å². The van der Waals surface area contributed by atoms with Gasteiger partial charge in [0.1, 0.15) is 0 Å². The molecular weight excluding hydrogens is 105 g/mol. The van der Waals surface area contributed by atoms with Gasteiger partial charge in [0, 0.05) is 0 Å². The van der Waals surface area contributed by atoms with Gasteiger partial charge in [0.2, 0.25) is 0 Å². The molecule has 3 nitrogen and oxygen atoms in total. The maximum atomic E-state index is 8.56. The average molecular weight is 115 g/mol. The number of rotatable bonds is 1. The van der Waals surface area contributed by atoms with Crippen LogP contribution in [0.15, 0.2) is 0 Å². The molecule has 1 aliphatic rings. The van der Waals surface area contributed by atoms with E-state index in [0.29, 0.717) is 0 Å². The summed E-state index contributed by atoms with van der Waals surface area (Å²) < 4.78 is 0. The Morgan fingerprint density at radius 1 is 1.38 bits per heavy atom. The summed E-state index contributed by atoms with van der Waals surface area (Å²) in [4.78, 5) is 0. The minimum absolute atomic E-state index is 0.667. The zero-order valence-electron chi connectivity index (χ0n) is 4.67. The molecule has 0 radical (unpaired) electrons. The molecule has 1 saturated carbocycles. The summed E-state index contributed by atoms with van der Waals surface area (Å²) in [5, 5.41) is 17.1. The predicted molar refractivity (Wildman–Crippen MR) is 31.0 cm³/mol. The molecule has 4 heteroatoms. The summed E-state index contributed by atoms with van der Waals surface area (Å²) in [7, 11) is -1.32. The van der Waals surface area contributed by atoms with Crippen molar-refractivity contribution in [3.8, 4) is 0 Å². The van der Waals surface area contributed by atoms with Crippen LogP contribution in [0.2, 0.25) is 0 Å². The van der Waals surface area contributed by atoms with Gasteiger partial charge in [0.05, 0.1) is 5.44 Å². The fourth-order valence-corrected chi connectivity index (χ4v) is 0.843. The Morgan fingerprint density at radius 3 is 1.88 bits per heavy atom. The number of hydrogen-bond acceptors (Lipinski definition) is 3. The monoisotopic (exact) mass is 115 g/mol. The van der Waals surface area contributed by atoms with Crippen molar-refractivity contribution >= 4 is 7.12 Å². The Bertz CT molecular complexity index is 92.0. The van der Waals surface area contributed by atoms with Crippen molar-refractivity contribution in [2.75, 3.05) is 0 Å². The fourth-order valence-electron chi connectivity index (χ4n) is 0.843. The molecule has 8 heavy (non-hydrogen) atoms. The van der Waals surface area contributed by atoms with Gasteiger partial charge >= 0.3 is 7.12 Å². The van der Waals surface area contributed by atoms with Crippen LogP contribution < -0.4 is 5.73 Å². The van der Waals surface area contributed by atoms with E-state index in [1.807, 2.05) is 0 Å². The van der Waals surface area contributed by atoms with Gasteiger partial charge in [-0.1, -0.05) is 6.42 Å². The SMILES string of the molecule is NC1(B(O)O)CCC1. The summed E-state index contributed by atoms with van der Waals surface area (Å²) >= 11 is 0. The molecule has 0 aromatic carbocycles. The third-order valence-electron chi connectivity index (χ3n) is 1.80. The fraction of sp³-hybridized carbons (Fsp3) is 1.00. The summed E-state index contributed by atoms with van der Waals surface area (Å²) in [5.74, 6) is 0. The third-order valence-corrected chi connectivity index (χ3v) is 1.80. The first-order valence-electron chi connectivity index (χ1n) is 2.80. The number of nitrogens with two attached hydrogens (primary N) is 1. The lowest BCUT2D eigenvalue weighted by Crippen LogP contribution is -2.59. The highest BCUT2D eigenvalue weighted by molar-refractivity contribution is 6.45. The average Bonchev–Trinajstić information content (AvgIpc) is 1.60. The van der Waals surface area contributed by atoms with E-state index in [1.165, 1.54) is 0 Å². The van der Waals surface area contributed by atoms with Crippen LogP contribution in [0.1, 0.15) is 19.3 Å². The topological polar surface area (TPSA) is 66.5 Å². The zero-order chi connectivity index (χ0) is 6.20. The molecule has 0 aromatic heterocycles. The first-order chi connectivity index (χ1) is 3.65. The molecule has 0 amide bonds. The lowest BCUT2D eigenvalue weighted by atomic mass is 9.54. The molecule has 46 valence electrons. The van der Waals surface area contributed by atoms with Crippen molar-refractivity contribution in [3.63, 3.8) is 0 Å². The van der Waals surface area contributed by atoms with Crippen LogP contribution in [0.3, 0.4) is 0 Å². The third kappa shape index (κ3) is 0.748. The minimum Gasteiger partial charge on any atom is -0.426 e. The molecule has 0 unspecified atom stereocenters. The molecule has 1 aliphatic carbocycles. The van der Waals surface area contributed by atoms with Crippen molar-refractivity contribution in [2.45, 2.75) is 24.7 Å². The zero-order valence-corrected chi connectivity index (χ0v) is 4.67. The smallest absolute Gasteiger partial charge is 0.426 e. The molecule has 1 rings (SSSR count). The second-order valence-electron chi connectivity index (χ2n) is 2.46. The highest BCUT2D eigenvalue weighted by atomic mass is 16.4. The Morgan fingerprint density at radius 2 is 1.88 bits per heavy atom. The Labute approximate surface area is 48.6 Å². The van der Waals surface area contributed by atoms with Crippen LogP contribution in [0.25, 0.3) is 0 Å². The van der Waals surface area contributed by atoms with Crippen LogP contribution in [0.5, 0.6) is 0 Å². The largest absolute Gasteiger partial charge is 0.472 e. The normalized spacial score (nSPS) is 24.4. The van der Waals surface area contributed by atoms with Crippen molar-refractivity contribution in [3.05, 3.63) is 0 Å². The van der Waals surface area contributed by atoms with Gasteiger partial charge in [-0.15, -0.1) is 0 Å². The molecule has 0 aliphatic heterocycles. The second kappa shape index (κ2) is 1.72. The number of hydrogen-bond donors (Lipinski definition) is 3. The summed E-state index contributed by atoms with van der Waals surface area (Å²) in [6.07, 6.45) is 2.50. The predicted octanol–water partition coefficient (Wildman–Crippen LogP) is -1.12. The molecule has 0 atom stereocenters. The molecule has 4 N–H and O–H groups in total. The van der Waals surface area contributed by atoms with Gasteiger partial charge < -0.3 is 15.8 Å². The van der Waals surface area contributed by atoms with Gasteiger partial charge in [0.15, 0.2) is 0 Å². The van der Waals surface area contributed by atoms with Crippen molar-refractivity contribution < 1.29 is 10.0 Å². The van der Waals surface area contributed by atoms with Gasteiger partial charge in [-0.2, -0.15) is 0 Å². The van der Waals surface area contributed by atoms with Gasteiger partial charge in [-0.05, 0) is 12.8 Å². The van der Waals surface area contributed by atoms with E-state index in [0.717, 1.165) is 19.3 Å². The van der Waals surface area contributed by atoms with Gasteiger partial charge in [-0.3, -0.25) is 0 Å². The van der Waals surface area contributed by atoms with E-state index in [-0.39, 0.29) is 0 Å². The van der Waals surface area contributed by atoms with Crippen LogP contribution in [-0.4, -0.2) is 22.6 Å². The molecule has 0 spiro atoms. The second-order valence-corrected chi connectivity index (χ2v) is 2.46. The minimum atomic E-state index is -1.32. The molecule has 0 saturated heterocycles. The maximum Gasteiger partial charge on any atom is 0.472 e. The Kier molecular flexibility index (Phi) is 1.31. The van der Waals surface area contributed by atoms with E-state index in [4.69, 9.17) is 15.8 Å².